The molecule has 1 aromatic heterocycles. The zero-order valence-electron chi connectivity index (χ0n) is 6.26. The summed E-state index contributed by atoms with van der Waals surface area (Å²) in [4.78, 5) is 3.50. The van der Waals surface area contributed by atoms with E-state index < -0.39 is 15.1 Å². The molecule has 6 heteroatoms. The second-order valence-corrected chi connectivity index (χ2v) is 3.36. The van der Waals surface area contributed by atoms with Crippen molar-refractivity contribution in [2.75, 3.05) is 7.11 Å². The van der Waals surface area contributed by atoms with E-state index in [4.69, 9.17) is 4.55 Å². The van der Waals surface area contributed by atoms with Crippen LogP contribution in [0.15, 0.2) is 23.2 Å². The van der Waals surface area contributed by atoms with Crippen molar-refractivity contribution in [2.24, 2.45) is 0 Å². The van der Waals surface area contributed by atoms with E-state index in [0.717, 1.165) is 0 Å². The minimum Gasteiger partial charge on any atom is -0.481 e. The molecule has 0 spiro atoms. The summed E-state index contributed by atoms with van der Waals surface area (Å²) in [6.45, 7) is 0. The predicted molar refractivity (Wildman–Crippen MR) is 40.6 cm³/mol. The number of aromatic nitrogens is 1. The standard InChI is InChI=1S/C6H7NO4S/c1-11-5-3-2-4-6(7-5)12(8,9)10/h2-4H,1H3,(H,8,9,10). The first kappa shape index (κ1) is 8.95. The lowest BCUT2D eigenvalue weighted by atomic mass is 10.5. The Bertz CT molecular complexity index is 373. The number of methoxy groups -OCH3 is 1. The van der Waals surface area contributed by atoms with Gasteiger partial charge in [-0.1, -0.05) is 6.07 Å². The molecule has 1 rings (SSSR count). The molecule has 66 valence electrons. The van der Waals surface area contributed by atoms with Gasteiger partial charge in [-0.3, -0.25) is 4.55 Å². The van der Waals surface area contributed by atoms with E-state index in [0.29, 0.717) is 0 Å². The van der Waals surface area contributed by atoms with E-state index >= 15 is 0 Å². The third-order valence-corrected chi connectivity index (χ3v) is 1.93. The molecule has 0 fully saturated rings. The molecular weight excluding hydrogens is 182 g/mol. The van der Waals surface area contributed by atoms with E-state index in [-0.39, 0.29) is 5.88 Å². The Balaban J connectivity index is 3.20. The molecular formula is C6H7NO4S. The van der Waals surface area contributed by atoms with Crippen LogP contribution in [0, 0.1) is 0 Å². The number of hydrogen-bond donors (Lipinski definition) is 1. The number of rotatable bonds is 2. The van der Waals surface area contributed by atoms with E-state index in [1.807, 2.05) is 0 Å². The van der Waals surface area contributed by atoms with Crippen molar-refractivity contribution in [3.05, 3.63) is 18.2 Å². The Morgan fingerprint density at radius 1 is 1.50 bits per heavy atom. The first-order valence-corrected chi connectivity index (χ1v) is 4.46. The van der Waals surface area contributed by atoms with Crippen molar-refractivity contribution in [3.8, 4) is 5.88 Å². The third-order valence-electron chi connectivity index (χ3n) is 1.17. The fourth-order valence-corrected chi connectivity index (χ4v) is 1.11. The predicted octanol–water partition coefficient (Wildman–Crippen LogP) is 0.337. The molecule has 0 saturated carbocycles. The SMILES string of the molecule is COc1cccc(S(=O)(=O)O)n1. The Labute approximate surface area is 69.8 Å². The highest BCUT2D eigenvalue weighted by atomic mass is 32.2. The van der Waals surface area contributed by atoms with Gasteiger partial charge in [0, 0.05) is 6.07 Å². The summed E-state index contributed by atoms with van der Waals surface area (Å²) in [5, 5.41) is -0.415. The molecule has 1 N–H and O–H groups in total. The molecule has 0 bridgehead atoms. The van der Waals surface area contributed by atoms with Crippen LogP contribution in [0.1, 0.15) is 0 Å². The highest BCUT2D eigenvalue weighted by Gasteiger charge is 2.11. The monoisotopic (exact) mass is 189 g/mol. The fraction of sp³-hybridized carbons (Fsp3) is 0.167. The number of ether oxygens (including phenoxy) is 1. The van der Waals surface area contributed by atoms with Gasteiger partial charge in [-0.05, 0) is 6.07 Å². The topological polar surface area (TPSA) is 76.5 Å². The molecule has 5 nitrogen and oxygen atoms in total. The van der Waals surface area contributed by atoms with Gasteiger partial charge >= 0.3 is 10.1 Å². The Morgan fingerprint density at radius 3 is 2.67 bits per heavy atom. The van der Waals surface area contributed by atoms with Gasteiger partial charge in [0.2, 0.25) is 5.88 Å². The first-order valence-electron chi connectivity index (χ1n) is 3.02. The summed E-state index contributed by atoms with van der Waals surface area (Å²) < 4.78 is 34.3. The Hall–Kier alpha value is -1.14. The van der Waals surface area contributed by atoms with E-state index in [9.17, 15) is 8.42 Å². The van der Waals surface area contributed by atoms with Crippen LogP contribution < -0.4 is 4.74 Å². The highest BCUT2D eigenvalue weighted by Crippen LogP contribution is 2.10. The van der Waals surface area contributed by atoms with E-state index in [2.05, 4.69) is 9.72 Å². The molecule has 0 amide bonds. The maximum Gasteiger partial charge on any atom is 0.312 e. The smallest absolute Gasteiger partial charge is 0.312 e. The first-order chi connectivity index (χ1) is 5.54. The summed E-state index contributed by atoms with van der Waals surface area (Å²) in [6, 6.07) is 4.08. The van der Waals surface area contributed by atoms with E-state index in [1.165, 1.54) is 25.3 Å². The van der Waals surface area contributed by atoms with Crippen molar-refractivity contribution in [1.29, 1.82) is 0 Å². The summed E-state index contributed by atoms with van der Waals surface area (Å²) in [5.74, 6) is 0.144. The summed E-state index contributed by atoms with van der Waals surface area (Å²) >= 11 is 0. The second kappa shape index (κ2) is 3.08. The van der Waals surface area contributed by atoms with Gasteiger partial charge in [-0.2, -0.15) is 13.4 Å². The minimum absolute atomic E-state index is 0.144. The lowest BCUT2D eigenvalue weighted by molar-refractivity contribution is 0.391. The highest BCUT2D eigenvalue weighted by molar-refractivity contribution is 7.85. The average Bonchev–Trinajstić information content (AvgIpc) is 2.03. The summed E-state index contributed by atoms with van der Waals surface area (Å²) in [6.07, 6.45) is 0. The van der Waals surface area contributed by atoms with Crippen molar-refractivity contribution >= 4 is 10.1 Å². The van der Waals surface area contributed by atoms with Crippen LogP contribution in [0.5, 0.6) is 5.88 Å². The molecule has 12 heavy (non-hydrogen) atoms. The van der Waals surface area contributed by atoms with Crippen LogP contribution in [0.25, 0.3) is 0 Å². The van der Waals surface area contributed by atoms with Gasteiger partial charge in [0.25, 0.3) is 0 Å². The van der Waals surface area contributed by atoms with Gasteiger partial charge < -0.3 is 4.74 Å². The largest absolute Gasteiger partial charge is 0.481 e. The second-order valence-electron chi connectivity index (χ2n) is 1.99. The molecule has 1 heterocycles. The molecule has 0 aromatic carbocycles. The van der Waals surface area contributed by atoms with E-state index in [1.54, 1.807) is 0 Å². The molecule has 0 atom stereocenters. The molecule has 0 unspecified atom stereocenters. The van der Waals surface area contributed by atoms with Gasteiger partial charge in [-0.25, -0.2) is 0 Å². The zero-order valence-corrected chi connectivity index (χ0v) is 7.08. The van der Waals surface area contributed by atoms with Crippen LogP contribution in [0.4, 0.5) is 0 Å². The minimum atomic E-state index is -4.23. The molecule has 1 aromatic rings. The molecule has 0 aliphatic carbocycles. The summed E-state index contributed by atoms with van der Waals surface area (Å²) in [7, 11) is -2.87. The van der Waals surface area contributed by atoms with Crippen LogP contribution in [-0.4, -0.2) is 25.1 Å². The normalized spacial score (nSPS) is 11.2. The van der Waals surface area contributed by atoms with Gasteiger partial charge in [-0.15, -0.1) is 0 Å². The summed E-state index contributed by atoms with van der Waals surface area (Å²) in [5.41, 5.74) is 0. The van der Waals surface area contributed by atoms with Gasteiger partial charge in [0.1, 0.15) is 0 Å². The lowest BCUT2D eigenvalue weighted by Crippen LogP contribution is -2.01. The van der Waals surface area contributed by atoms with Crippen LogP contribution in [0.2, 0.25) is 0 Å². The average molecular weight is 189 g/mol. The van der Waals surface area contributed by atoms with Gasteiger partial charge in [0.05, 0.1) is 7.11 Å². The number of nitrogens with zero attached hydrogens (tertiary/aromatic N) is 1. The Kier molecular flexibility index (Phi) is 2.30. The van der Waals surface area contributed by atoms with Crippen molar-refractivity contribution in [1.82, 2.24) is 4.98 Å². The maximum absolute atomic E-state index is 10.5. The van der Waals surface area contributed by atoms with Crippen molar-refractivity contribution in [2.45, 2.75) is 5.03 Å². The van der Waals surface area contributed by atoms with Gasteiger partial charge in [0.15, 0.2) is 5.03 Å². The lowest BCUT2D eigenvalue weighted by Gasteiger charge is -1.99. The van der Waals surface area contributed by atoms with Crippen molar-refractivity contribution in [3.63, 3.8) is 0 Å². The van der Waals surface area contributed by atoms with Crippen LogP contribution in [0.3, 0.4) is 0 Å². The number of hydrogen-bond acceptors (Lipinski definition) is 4. The molecule has 0 saturated heterocycles. The Morgan fingerprint density at radius 2 is 2.17 bits per heavy atom. The van der Waals surface area contributed by atoms with Crippen molar-refractivity contribution < 1.29 is 17.7 Å². The molecule has 0 aliphatic heterocycles. The quantitative estimate of drug-likeness (QED) is 0.679. The fourth-order valence-electron chi connectivity index (χ4n) is 0.653. The zero-order chi connectivity index (χ0) is 9.19. The molecule has 0 aliphatic rings. The number of pyridine rings is 1. The van der Waals surface area contributed by atoms with Crippen LogP contribution >= 0.6 is 0 Å². The third kappa shape index (κ3) is 1.93. The maximum atomic E-state index is 10.5. The van der Waals surface area contributed by atoms with Crippen LogP contribution in [-0.2, 0) is 10.1 Å². The molecule has 0 radical (unpaired) electrons.